The van der Waals surface area contributed by atoms with E-state index in [0.29, 0.717) is 11.4 Å². The lowest BCUT2D eigenvalue weighted by molar-refractivity contribution is -0.121. The third kappa shape index (κ3) is 2.57. The zero-order chi connectivity index (χ0) is 13.1. The molecule has 1 heterocycles. The molecule has 1 N–H and O–H groups in total. The van der Waals surface area contributed by atoms with Crippen molar-refractivity contribution in [3.63, 3.8) is 0 Å². The molecule has 0 saturated carbocycles. The highest BCUT2D eigenvalue weighted by Crippen LogP contribution is 2.29. The Bertz CT molecular complexity index is 475. The third-order valence-electron chi connectivity index (χ3n) is 2.78. The number of thioether (sulfide) groups is 1. The van der Waals surface area contributed by atoms with Crippen molar-refractivity contribution >= 4 is 29.3 Å². The topological polar surface area (TPSA) is 57.6 Å². The second-order valence-electron chi connectivity index (χ2n) is 4.19. The highest BCUT2D eigenvalue weighted by molar-refractivity contribution is 8.00. The summed E-state index contributed by atoms with van der Waals surface area (Å²) in [5.74, 6) is 0.135. The van der Waals surface area contributed by atoms with Gasteiger partial charge in [-0.2, -0.15) is 0 Å². The second kappa shape index (κ2) is 5.54. The lowest BCUT2D eigenvalue weighted by atomic mass is 10.2. The van der Waals surface area contributed by atoms with Gasteiger partial charge in [0.2, 0.25) is 11.8 Å². The van der Waals surface area contributed by atoms with E-state index in [2.05, 4.69) is 0 Å². The molecule has 1 aliphatic heterocycles. The van der Waals surface area contributed by atoms with Crippen LogP contribution in [-0.2, 0) is 9.59 Å². The summed E-state index contributed by atoms with van der Waals surface area (Å²) >= 11 is 1.34. The molecule has 96 valence electrons. The number of hydrogen-bond acceptors (Lipinski definition) is 4. The molecule has 1 aliphatic rings. The number of aliphatic hydroxyl groups is 1. The number of nitrogens with zero attached hydrogens (tertiary/aromatic N) is 1. The van der Waals surface area contributed by atoms with Gasteiger partial charge in [-0.15, -0.1) is 11.8 Å². The van der Waals surface area contributed by atoms with E-state index in [1.165, 1.54) is 16.7 Å². The average Bonchev–Trinajstić information content (AvgIpc) is 2.62. The molecule has 1 fully saturated rings. The van der Waals surface area contributed by atoms with Crippen LogP contribution in [-0.4, -0.2) is 34.5 Å². The molecule has 18 heavy (non-hydrogen) atoms. The van der Waals surface area contributed by atoms with Crippen molar-refractivity contribution in [2.75, 3.05) is 17.3 Å². The number of benzene rings is 1. The lowest BCUT2D eigenvalue weighted by Gasteiger charge is -2.15. The maximum atomic E-state index is 12.1. The monoisotopic (exact) mass is 265 g/mol. The molecule has 0 bridgehead atoms. The van der Waals surface area contributed by atoms with Crippen LogP contribution >= 0.6 is 11.8 Å². The van der Waals surface area contributed by atoms with Crippen molar-refractivity contribution in [3.8, 4) is 0 Å². The molecule has 1 aromatic rings. The van der Waals surface area contributed by atoms with Gasteiger partial charge in [-0.05, 0) is 24.6 Å². The predicted octanol–water partition coefficient (Wildman–Crippen LogP) is 1.35. The van der Waals surface area contributed by atoms with E-state index in [1.54, 1.807) is 6.07 Å². The van der Waals surface area contributed by atoms with Crippen LogP contribution in [0.25, 0.3) is 0 Å². The first-order valence-electron chi connectivity index (χ1n) is 5.79. The first-order valence-corrected chi connectivity index (χ1v) is 6.84. The van der Waals surface area contributed by atoms with E-state index >= 15 is 0 Å². The summed E-state index contributed by atoms with van der Waals surface area (Å²) in [6.45, 7) is 1.94. The number of carbonyl (C=O) groups is 2. The predicted molar refractivity (Wildman–Crippen MR) is 71.6 cm³/mol. The fraction of sp³-hybridized carbons (Fsp3) is 0.385. The summed E-state index contributed by atoms with van der Waals surface area (Å²) in [4.78, 5) is 25.3. The molecule has 1 saturated heterocycles. The molecule has 2 rings (SSSR count). The van der Waals surface area contributed by atoms with Crippen molar-refractivity contribution < 1.29 is 14.7 Å². The molecule has 0 unspecified atom stereocenters. The van der Waals surface area contributed by atoms with Crippen molar-refractivity contribution in [2.24, 2.45) is 0 Å². The summed E-state index contributed by atoms with van der Waals surface area (Å²) in [7, 11) is 0. The van der Waals surface area contributed by atoms with Crippen LogP contribution in [0.15, 0.2) is 24.3 Å². The molecule has 5 heteroatoms. The minimum Gasteiger partial charge on any atom is -0.396 e. The van der Waals surface area contributed by atoms with Gasteiger partial charge in [0, 0.05) is 12.2 Å². The Morgan fingerprint density at radius 3 is 2.89 bits per heavy atom. The Labute approximate surface area is 110 Å². The fourth-order valence-corrected chi connectivity index (χ4v) is 2.87. The van der Waals surface area contributed by atoms with Gasteiger partial charge in [0.25, 0.3) is 0 Å². The number of aliphatic hydroxyl groups excluding tert-OH is 1. The minimum atomic E-state index is -0.356. The van der Waals surface area contributed by atoms with Crippen molar-refractivity contribution in [1.29, 1.82) is 0 Å². The number of imide groups is 1. The summed E-state index contributed by atoms with van der Waals surface area (Å²) in [6, 6.07) is 7.35. The van der Waals surface area contributed by atoms with Crippen LogP contribution in [0.2, 0.25) is 0 Å². The molecular weight excluding hydrogens is 250 g/mol. The molecule has 0 aliphatic carbocycles. The lowest BCUT2D eigenvalue weighted by Crippen LogP contribution is -2.31. The number of rotatable bonds is 4. The number of anilines is 1. The molecule has 0 spiro atoms. The third-order valence-corrected chi connectivity index (χ3v) is 3.96. The van der Waals surface area contributed by atoms with Crippen molar-refractivity contribution in [3.05, 3.63) is 29.8 Å². The maximum absolute atomic E-state index is 12.1. The van der Waals surface area contributed by atoms with E-state index in [0.717, 1.165) is 5.56 Å². The minimum absolute atomic E-state index is 0.0209. The number of carbonyl (C=O) groups excluding carboxylic acids is 2. The summed E-state index contributed by atoms with van der Waals surface area (Å²) in [5.41, 5.74) is 1.65. The number of hydrogen-bond donors (Lipinski definition) is 1. The smallest absolute Gasteiger partial charge is 0.247 e. The zero-order valence-electron chi connectivity index (χ0n) is 10.1. The van der Waals surface area contributed by atoms with E-state index in [1.807, 2.05) is 25.1 Å². The summed E-state index contributed by atoms with van der Waals surface area (Å²) in [6.07, 6.45) is 0.220. The Hall–Kier alpha value is -1.33. The Morgan fingerprint density at radius 2 is 2.22 bits per heavy atom. The van der Waals surface area contributed by atoms with Gasteiger partial charge >= 0.3 is 0 Å². The highest BCUT2D eigenvalue weighted by Gasteiger charge is 2.39. The first-order chi connectivity index (χ1) is 8.63. The first kappa shape index (κ1) is 13.1. The van der Waals surface area contributed by atoms with Crippen LogP contribution in [0.3, 0.4) is 0 Å². The van der Waals surface area contributed by atoms with E-state index < -0.39 is 0 Å². The molecule has 4 nitrogen and oxygen atoms in total. The van der Waals surface area contributed by atoms with Gasteiger partial charge in [-0.25, -0.2) is 4.90 Å². The van der Waals surface area contributed by atoms with E-state index in [4.69, 9.17) is 5.11 Å². The molecular formula is C13H15NO3S. The summed E-state index contributed by atoms with van der Waals surface area (Å²) in [5, 5.41) is 8.41. The Morgan fingerprint density at radius 1 is 1.44 bits per heavy atom. The van der Waals surface area contributed by atoms with Gasteiger partial charge < -0.3 is 5.11 Å². The number of amides is 2. The van der Waals surface area contributed by atoms with Crippen LogP contribution in [0, 0.1) is 6.92 Å². The van der Waals surface area contributed by atoms with Gasteiger partial charge in [-0.1, -0.05) is 12.1 Å². The zero-order valence-corrected chi connectivity index (χ0v) is 10.9. The standard InChI is InChI=1S/C13H15NO3S/c1-9-3-2-4-10(7-9)14-12(16)8-11(13(14)17)18-6-5-15/h2-4,7,11,15H,5-6,8H2,1H3/t11-/m1/s1. The van der Waals surface area contributed by atoms with Gasteiger partial charge in [0.15, 0.2) is 0 Å². The van der Waals surface area contributed by atoms with Gasteiger partial charge in [-0.3, -0.25) is 9.59 Å². The van der Waals surface area contributed by atoms with Crippen LogP contribution in [0.4, 0.5) is 5.69 Å². The molecule has 1 atom stereocenters. The molecule has 0 aromatic heterocycles. The SMILES string of the molecule is Cc1cccc(N2C(=O)C[C@@H](SCCO)C2=O)c1. The number of aryl methyl sites for hydroxylation is 1. The van der Waals surface area contributed by atoms with Crippen LogP contribution in [0.5, 0.6) is 0 Å². The van der Waals surface area contributed by atoms with Gasteiger partial charge in [0.05, 0.1) is 17.5 Å². The van der Waals surface area contributed by atoms with Crippen molar-refractivity contribution in [2.45, 2.75) is 18.6 Å². The van der Waals surface area contributed by atoms with E-state index in [9.17, 15) is 9.59 Å². The van der Waals surface area contributed by atoms with Crippen LogP contribution in [0.1, 0.15) is 12.0 Å². The highest BCUT2D eigenvalue weighted by atomic mass is 32.2. The Kier molecular flexibility index (Phi) is 4.04. The largest absolute Gasteiger partial charge is 0.396 e. The summed E-state index contributed by atoms with van der Waals surface area (Å²) < 4.78 is 0. The Balaban J connectivity index is 2.19. The van der Waals surface area contributed by atoms with Gasteiger partial charge in [0.1, 0.15) is 0 Å². The molecule has 2 amide bonds. The van der Waals surface area contributed by atoms with Crippen LogP contribution < -0.4 is 4.90 Å². The second-order valence-corrected chi connectivity index (χ2v) is 5.50. The molecule has 0 radical (unpaired) electrons. The normalized spacial score (nSPS) is 19.7. The molecule has 1 aromatic carbocycles. The van der Waals surface area contributed by atoms with E-state index in [-0.39, 0.29) is 30.1 Å². The average molecular weight is 265 g/mol. The maximum Gasteiger partial charge on any atom is 0.247 e. The van der Waals surface area contributed by atoms with Crippen molar-refractivity contribution in [1.82, 2.24) is 0 Å². The quantitative estimate of drug-likeness (QED) is 0.835. The fourth-order valence-electron chi connectivity index (χ4n) is 1.97.